The summed E-state index contributed by atoms with van der Waals surface area (Å²) < 4.78 is 4.92. The van der Waals surface area contributed by atoms with E-state index in [1.807, 2.05) is 12.3 Å². The molecule has 0 saturated heterocycles. The molecule has 16 heavy (non-hydrogen) atoms. The number of rotatable bonds is 5. The topological polar surface area (TPSA) is 43.4 Å². The van der Waals surface area contributed by atoms with Gasteiger partial charge in [0.2, 0.25) is 0 Å². The Morgan fingerprint density at radius 2 is 2.44 bits per heavy atom. The Hall–Kier alpha value is -0.970. The van der Waals surface area contributed by atoms with Crippen LogP contribution < -0.4 is 5.48 Å². The molecule has 0 aliphatic heterocycles. The van der Waals surface area contributed by atoms with E-state index in [0.717, 1.165) is 18.5 Å². The molecule has 1 unspecified atom stereocenters. The van der Waals surface area contributed by atoms with Crippen molar-refractivity contribution >= 4 is 0 Å². The van der Waals surface area contributed by atoms with Crippen LogP contribution in [-0.2, 0) is 16.0 Å². The first-order valence-electron chi connectivity index (χ1n) is 5.72. The number of hydroxylamine groups is 1. The lowest BCUT2D eigenvalue weighted by molar-refractivity contribution is -0.0161. The third-order valence-electron chi connectivity index (χ3n) is 2.81. The van der Waals surface area contributed by atoms with Gasteiger partial charge in [-0.05, 0) is 30.9 Å². The van der Waals surface area contributed by atoms with Gasteiger partial charge in [-0.15, -0.1) is 0 Å². The fourth-order valence-corrected chi connectivity index (χ4v) is 2.01. The number of methoxy groups -OCH3 is 1. The summed E-state index contributed by atoms with van der Waals surface area (Å²) in [5.41, 5.74) is 5.54. The van der Waals surface area contributed by atoms with E-state index in [-0.39, 0.29) is 6.04 Å². The van der Waals surface area contributed by atoms with Crippen LogP contribution in [0.2, 0.25) is 0 Å². The molecule has 1 aliphatic rings. The minimum atomic E-state index is 0.224. The van der Waals surface area contributed by atoms with Crippen LogP contribution in [0, 0.1) is 0 Å². The first-order valence-corrected chi connectivity index (χ1v) is 5.72. The van der Waals surface area contributed by atoms with E-state index in [4.69, 9.17) is 9.57 Å². The number of nitrogens with one attached hydrogen (secondary N) is 1. The molecule has 1 atom stereocenters. The number of aromatic nitrogens is 1. The molecule has 0 amide bonds. The average molecular weight is 222 g/mol. The maximum atomic E-state index is 5.36. The molecule has 1 heterocycles. The van der Waals surface area contributed by atoms with E-state index in [1.54, 1.807) is 7.11 Å². The monoisotopic (exact) mass is 222 g/mol. The SMILES string of the molecule is COCCONC1CCCc2cccnc21. The zero-order valence-electron chi connectivity index (χ0n) is 9.61. The van der Waals surface area contributed by atoms with Gasteiger partial charge in [0, 0.05) is 13.3 Å². The van der Waals surface area contributed by atoms with Crippen LogP contribution in [-0.4, -0.2) is 25.3 Å². The molecule has 0 bridgehead atoms. The lowest BCUT2D eigenvalue weighted by Gasteiger charge is -2.24. The van der Waals surface area contributed by atoms with Crippen molar-refractivity contribution in [3.8, 4) is 0 Å². The van der Waals surface area contributed by atoms with Gasteiger partial charge >= 0.3 is 0 Å². The summed E-state index contributed by atoms with van der Waals surface area (Å²) in [6.45, 7) is 1.17. The molecular formula is C12H18N2O2. The van der Waals surface area contributed by atoms with Gasteiger partial charge in [-0.1, -0.05) is 6.07 Å². The van der Waals surface area contributed by atoms with Crippen molar-refractivity contribution < 1.29 is 9.57 Å². The summed E-state index contributed by atoms with van der Waals surface area (Å²) >= 11 is 0. The van der Waals surface area contributed by atoms with Gasteiger partial charge in [0.15, 0.2) is 0 Å². The highest BCUT2D eigenvalue weighted by atomic mass is 16.7. The molecule has 1 aromatic heterocycles. The lowest BCUT2D eigenvalue weighted by Crippen LogP contribution is -2.27. The zero-order chi connectivity index (χ0) is 11.2. The number of fused-ring (bicyclic) bond motifs is 1. The fourth-order valence-electron chi connectivity index (χ4n) is 2.01. The molecule has 0 saturated carbocycles. The number of nitrogens with zero attached hydrogens (tertiary/aromatic N) is 1. The van der Waals surface area contributed by atoms with E-state index in [9.17, 15) is 0 Å². The average Bonchev–Trinajstić information content (AvgIpc) is 2.35. The Balaban J connectivity index is 1.91. The number of aryl methyl sites for hydroxylation is 1. The number of hydrogen-bond donors (Lipinski definition) is 1. The van der Waals surface area contributed by atoms with E-state index in [2.05, 4.69) is 16.5 Å². The first-order chi connectivity index (χ1) is 7.92. The molecule has 4 nitrogen and oxygen atoms in total. The number of hydrogen-bond acceptors (Lipinski definition) is 4. The van der Waals surface area contributed by atoms with Crippen LogP contribution in [0.3, 0.4) is 0 Å². The van der Waals surface area contributed by atoms with Gasteiger partial charge in [0.1, 0.15) is 0 Å². The first kappa shape index (κ1) is 11.5. The predicted molar refractivity (Wildman–Crippen MR) is 60.9 cm³/mol. The summed E-state index contributed by atoms with van der Waals surface area (Å²) in [6, 6.07) is 4.36. The Labute approximate surface area is 95.9 Å². The summed E-state index contributed by atoms with van der Waals surface area (Å²) in [5.74, 6) is 0. The van der Waals surface area contributed by atoms with Gasteiger partial charge in [0.05, 0.1) is 24.9 Å². The highest BCUT2D eigenvalue weighted by Gasteiger charge is 2.20. The van der Waals surface area contributed by atoms with Crippen molar-refractivity contribution in [2.24, 2.45) is 0 Å². The molecule has 0 radical (unpaired) electrons. The highest BCUT2D eigenvalue weighted by Crippen LogP contribution is 2.27. The zero-order valence-corrected chi connectivity index (χ0v) is 9.61. The maximum absolute atomic E-state index is 5.36. The Bertz CT molecular complexity index is 331. The van der Waals surface area contributed by atoms with Crippen molar-refractivity contribution in [2.75, 3.05) is 20.3 Å². The van der Waals surface area contributed by atoms with Gasteiger partial charge < -0.3 is 4.74 Å². The fraction of sp³-hybridized carbons (Fsp3) is 0.583. The van der Waals surface area contributed by atoms with E-state index in [0.29, 0.717) is 13.2 Å². The van der Waals surface area contributed by atoms with Crippen LogP contribution in [0.25, 0.3) is 0 Å². The molecule has 2 rings (SSSR count). The summed E-state index contributed by atoms with van der Waals surface area (Å²) in [6.07, 6.45) is 5.23. The van der Waals surface area contributed by atoms with Crippen LogP contribution in [0.1, 0.15) is 30.1 Å². The lowest BCUT2D eigenvalue weighted by atomic mass is 9.92. The van der Waals surface area contributed by atoms with E-state index in [1.165, 1.54) is 12.0 Å². The second-order valence-corrected chi connectivity index (χ2v) is 3.95. The Morgan fingerprint density at radius 1 is 1.50 bits per heavy atom. The van der Waals surface area contributed by atoms with Crippen molar-refractivity contribution in [3.63, 3.8) is 0 Å². The number of ether oxygens (including phenoxy) is 1. The molecule has 1 N–H and O–H groups in total. The molecule has 1 aliphatic carbocycles. The standard InChI is InChI=1S/C12H18N2O2/c1-15-8-9-16-14-11-6-2-4-10-5-3-7-13-12(10)11/h3,5,7,11,14H,2,4,6,8-9H2,1H3. The molecular weight excluding hydrogens is 204 g/mol. The molecule has 88 valence electrons. The van der Waals surface area contributed by atoms with Crippen molar-refractivity contribution in [1.82, 2.24) is 10.5 Å². The predicted octanol–water partition coefficient (Wildman–Crippen LogP) is 1.63. The largest absolute Gasteiger partial charge is 0.382 e. The third kappa shape index (κ3) is 2.78. The van der Waals surface area contributed by atoms with E-state index >= 15 is 0 Å². The summed E-state index contributed by atoms with van der Waals surface area (Å²) in [5, 5.41) is 0. The van der Waals surface area contributed by atoms with Gasteiger partial charge in [0.25, 0.3) is 0 Å². The second-order valence-electron chi connectivity index (χ2n) is 3.95. The van der Waals surface area contributed by atoms with Gasteiger partial charge in [-0.3, -0.25) is 9.82 Å². The van der Waals surface area contributed by atoms with Crippen LogP contribution >= 0.6 is 0 Å². The quantitative estimate of drug-likeness (QED) is 0.607. The Morgan fingerprint density at radius 3 is 3.31 bits per heavy atom. The molecule has 0 spiro atoms. The van der Waals surface area contributed by atoms with Crippen molar-refractivity contribution in [1.29, 1.82) is 0 Å². The maximum Gasteiger partial charge on any atom is 0.0916 e. The molecule has 1 aromatic rings. The summed E-state index contributed by atoms with van der Waals surface area (Å²) in [7, 11) is 1.67. The Kier molecular flexibility index (Phi) is 4.27. The highest BCUT2D eigenvalue weighted by molar-refractivity contribution is 5.25. The molecule has 0 aromatic carbocycles. The van der Waals surface area contributed by atoms with E-state index < -0.39 is 0 Å². The van der Waals surface area contributed by atoms with Crippen molar-refractivity contribution in [3.05, 3.63) is 29.6 Å². The molecule has 4 heteroatoms. The number of pyridine rings is 1. The molecule has 0 fully saturated rings. The third-order valence-corrected chi connectivity index (χ3v) is 2.81. The van der Waals surface area contributed by atoms with Crippen LogP contribution in [0.5, 0.6) is 0 Å². The minimum Gasteiger partial charge on any atom is -0.382 e. The second kappa shape index (κ2) is 5.94. The summed E-state index contributed by atoms with van der Waals surface area (Å²) in [4.78, 5) is 9.78. The minimum absolute atomic E-state index is 0.224. The van der Waals surface area contributed by atoms with Gasteiger partial charge in [-0.25, -0.2) is 0 Å². The normalized spacial score (nSPS) is 19.4. The van der Waals surface area contributed by atoms with Crippen LogP contribution in [0.4, 0.5) is 0 Å². The van der Waals surface area contributed by atoms with Crippen molar-refractivity contribution in [2.45, 2.75) is 25.3 Å². The van der Waals surface area contributed by atoms with Crippen LogP contribution in [0.15, 0.2) is 18.3 Å². The smallest absolute Gasteiger partial charge is 0.0916 e. The van der Waals surface area contributed by atoms with Gasteiger partial charge in [-0.2, -0.15) is 5.48 Å².